The highest BCUT2D eigenvalue weighted by Crippen LogP contribution is 2.12. The Hall–Kier alpha value is -0.370. The molecule has 72 valence electrons. The van der Waals surface area contributed by atoms with Crippen LogP contribution in [0.15, 0.2) is 0 Å². The predicted molar refractivity (Wildman–Crippen MR) is 52.3 cm³/mol. The number of rotatable bonds is 6. The van der Waals surface area contributed by atoms with E-state index in [4.69, 9.17) is 0 Å². The first-order valence-corrected chi connectivity index (χ1v) is 4.79. The molecule has 0 aliphatic carbocycles. The van der Waals surface area contributed by atoms with Gasteiger partial charge in [0, 0.05) is 0 Å². The van der Waals surface area contributed by atoms with Crippen LogP contribution in [0.1, 0.15) is 40.5 Å². The molecule has 2 nitrogen and oxygen atoms in total. The van der Waals surface area contributed by atoms with Crippen LogP contribution in [-0.2, 0) is 4.79 Å². The lowest BCUT2D eigenvalue weighted by molar-refractivity contribution is -0.117. The van der Waals surface area contributed by atoms with E-state index in [2.05, 4.69) is 18.7 Å². The highest BCUT2D eigenvalue weighted by Gasteiger charge is 2.23. The van der Waals surface area contributed by atoms with Crippen molar-refractivity contribution in [3.05, 3.63) is 0 Å². The van der Waals surface area contributed by atoms with Gasteiger partial charge in [0.25, 0.3) is 0 Å². The molecular formula is C10H21NO. The van der Waals surface area contributed by atoms with Gasteiger partial charge in [0.15, 0.2) is 0 Å². The maximum atomic E-state index is 10.8. The van der Waals surface area contributed by atoms with E-state index in [0.29, 0.717) is 0 Å². The fraction of sp³-hybridized carbons (Fsp3) is 0.900. The van der Waals surface area contributed by atoms with Gasteiger partial charge < -0.3 is 4.79 Å². The van der Waals surface area contributed by atoms with E-state index in [-0.39, 0.29) is 5.54 Å². The summed E-state index contributed by atoms with van der Waals surface area (Å²) in [7, 11) is 0. The molecule has 0 bridgehead atoms. The summed E-state index contributed by atoms with van der Waals surface area (Å²) in [6.45, 7) is 10.3. The van der Waals surface area contributed by atoms with Gasteiger partial charge in [-0.2, -0.15) is 0 Å². The van der Waals surface area contributed by atoms with Gasteiger partial charge in [0.05, 0.1) is 5.54 Å². The molecule has 0 N–H and O–H groups in total. The average Bonchev–Trinajstić information content (AvgIpc) is 2.04. The van der Waals surface area contributed by atoms with Crippen molar-refractivity contribution < 1.29 is 4.79 Å². The molecule has 0 unspecified atom stereocenters. The van der Waals surface area contributed by atoms with E-state index < -0.39 is 0 Å². The molecule has 0 saturated carbocycles. The highest BCUT2D eigenvalue weighted by atomic mass is 16.1. The normalized spacial score (nSPS) is 12.1. The first-order chi connectivity index (χ1) is 5.58. The van der Waals surface area contributed by atoms with Crippen molar-refractivity contribution >= 4 is 6.29 Å². The molecule has 0 saturated heterocycles. The summed E-state index contributed by atoms with van der Waals surface area (Å²) in [6, 6.07) is 0. The minimum absolute atomic E-state index is 0.286. The summed E-state index contributed by atoms with van der Waals surface area (Å²) in [5.74, 6) is 0. The van der Waals surface area contributed by atoms with Crippen LogP contribution < -0.4 is 0 Å². The van der Waals surface area contributed by atoms with Gasteiger partial charge in [0.2, 0.25) is 0 Å². The minimum atomic E-state index is -0.286. The van der Waals surface area contributed by atoms with Gasteiger partial charge in [0.1, 0.15) is 6.29 Å². The smallest absolute Gasteiger partial charge is 0.139 e. The lowest BCUT2D eigenvalue weighted by Crippen LogP contribution is -2.46. The van der Waals surface area contributed by atoms with E-state index in [1.165, 1.54) is 0 Å². The van der Waals surface area contributed by atoms with E-state index in [9.17, 15) is 4.79 Å². The lowest BCUT2D eigenvalue weighted by atomic mass is 10.0. The molecule has 0 spiro atoms. The van der Waals surface area contributed by atoms with Crippen LogP contribution in [0.3, 0.4) is 0 Å². The molecule has 0 aromatic rings. The lowest BCUT2D eigenvalue weighted by Gasteiger charge is -2.33. The van der Waals surface area contributed by atoms with Crippen LogP contribution in [0.25, 0.3) is 0 Å². The second-order valence-corrected chi connectivity index (χ2v) is 3.76. The van der Waals surface area contributed by atoms with Crippen molar-refractivity contribution in [3.8, 4) is 0 Å². The van der Waals surface area contributed by atoms with Crippen molar-refractivity contribution in [3.63, 3.8) is 0 Å². The summed E-state index contributed by atoms with van der Waals surface area (Å²) in [5.41, 5.74) is -0.286. The Labute approximate surface area is 75.9 Å². The molecule has 0 fully saturated rings. The molecule has 0 amide bonds. The van der Waals surface area contributed by atoms with Crippen LogP contribution in [0, 0.1) is 0 Å². The molecule has 0 rings (SSSR count). The first-order valence-electron chi connectivity index (χ1n) is 4.79. The second kappa shape index (κ2) is 5.31. The Balaban J connectivity index is 4.16. The maximum Gasteiger partial charge on any atom is 0.139 e. The van der Waals surface area contributed by atoms with Crippen molar-refractivity contribution in [2.24, 2.45) is 0 Å². The molecule has 0 aliphatic rings. The Morgan fingerprint density at radius 1 is 1.17 bits per heavy atom. The molecule has 0 aliphatic heterocycles. The Bertz CT molecular complexity index is 126. The SMILES string of the molecule is CCCN(CCC)C(C)(C)C=O. The summed E-state index contributed by atoms with van der Waals surface area (Å²) in [5, 5.41) is 0. The van der Waals surface area contributed by atoms with Crippen LogP contribution in [0.5, 0.6) is 0 Å². The zero-order chi connectivity index (χ0) is 9.61. The molecule has 2 heteroatoms. The molecule has 0 heterocycles. The number of nitrogens with zero attached hydrogens (tertiary/aromatic N) is 1. The fourth-order valence-electron chi connectivity index (χ4n) is 1.30. The number of carbonyl (C=O) groups is 1. The van der Waals surface area contributed by atoms with Crippen LogP contribution in [0.4, 0.5) is 0 Å². The number of carbonyl (C=O) groups excluding carboxylic acids is 1. The highest BCUT2D eigenvalue weighted by molar-refractivity contribution is 5.62. The minimum Gasteiger partial charge on any atom is -0.301 e. The third-order valence-corrected chi connectivity index (χ3v) is 2.09. The summed E-state index contributed by atoms with van der Waals surface area (Å²) in [6.07, 6.45) is 3.26. The van der Waals surface area contributed by atoms with E-state index in [1.54, 1.807) is 0 Å². The number of hydrogen-bond donors (Lipinski definition) is 0. The average molecular weight is 171 g/mol. The molecular weight excluding hydrogens is 150 g/mol. The van der Waals surface area contributed by atoms with Gasteiger partial charge in [-0.1, -0.05) is 13.8 Å². The predicted octanol–water partition coefficient (Wildman–Crippen LogP) is 2.09. The third-order valence-electron chi connectivity index (χ3n) is 2.09. The Morgan fingerprint density at radius 3 is 1.83 bits per heavy atom. The molecule has 0 atom stereocenters. The van der Waals surface area contributed by atoms with Crippen molar-refractivity contribution in [1.29, 1.82) is 0 Å². The summed E-state index contributed by atoms with van der Waals surface area (Å²) in [4.78, 5) is 13.0. The molecule has 0 aromatic heterocycles. The van der Waals surface area contributed by atoms with Crippen molar-refractivity contribution in [2.75, 3.05) is 13.1 Å². The van der Waals surface area contributed by atoms with Crippen LogP contribution >= 0.6 is 0 Å². The zero-order valence-corrected chi connectivity index (χ0v) is 8.76. The Kier molecular flexibility index (Phi) is 5.14. The van der Waals surface area contributed by atoms with Crippen LogP contribution in [-0.4, -0.2) is 29.8 Å². The second-order valence-electron chi connectivity index (χ2n) is 3.76. The Morgan fingerprint density at radius 2 is 1.58 bits per heavy atom. The first kappa shape index (κ1) is 11.6. The number of aldehydes is 1. The monoisotopic (exact) mass is 171 g/mol. The van der Waals surface area contributed by atoms with Gasteiger partial charge in [-0.15, -0.1) is 0 Å². The van der Waals surface area contributed by atoms with Gasteiger partial charge in [-0.3, -0.25) is 4.90 Å². The standard InChI is InChI=1S/C10H21NO/c1-5-7-11(8-6-2)10(3,4)9-12/h9H,5-8H2,1-4H3. The molecule has 0 radical (unpaired) electrons. The van der Waals surface area contributed by atoms with Gasteiger partial charge in [-0.25, -0.2) is 0 Å². The van der Waals surface area contributed by atoms with E-state index >= 15 is 0 Å². The topological polar surface area (TPSA) is 20.3 Å². The summed E-state index contributed by atoms with van der Waals surface area (Å²) < 4.78 is 0. The number of hydrogen-bond acceptors (Lipinski definition) is 2. The fourth-order valence-corrected chi connectivity index (χ4v) is 1.30. The van der Waals surface area contributed by atoms with E-state index in [0.717, 1.165) is 32.2 Å². The van der Waals surface area contributed by atoms with Gasteiger partial charge in [-0.05, 0) is 39.8 Å². The molecule has 12 heavy (non-hydrogen) atoms. The summed E-state index contributed by atoms with van der Waals surface area (Å²) >= 11 is 0. The van der Waals surface area contributed by atoms with Crippen LogP contribution in [0.2, 0.25) is 0 Å². The quantitative estimate of drug-likeness (QED) is 0.570. The third kappa shape index (κ3) is 3.35. The molecule has 0 aromatic carbocycles. The van der Waals surface area contributed by atoms with E-state index in [1.807, 2.05) is 13.8 Å². The zero-order valence-electron chi connectivity index (χ0n) is 8.76. The largest absolute Gasteiger partial charge is 0.301 e. The van der Waals surface area contributed by atoms with Crippen molar-refractivity contribution in [1.82, 2.24) is 4.90 Å². The maximum absolute atomic E-state index is 10.8. The van der Waals surface area contributed by atoms with Crippen molar-refractivity contribution in [2.45, 2.75) is 46.1 Å². The van der Waals surface area contributed by atoms with Gasteiger partial charge >= 0.3 is 0 Å².